The standard InChI is InChI=1S/C11H12N2O3/c14-10-5-6-12-8-3-1-2-4-9(8)13(10)7-11(15)16/h1-4,12H,5-7H2,(H,15,16). The Labute approximate surface area is 92.7 Å². The van der Waals surface area contributed by atoms with E-state index in [1.165, 1.54) is 4.90 Å². The molecule has 2 N–H and O–H groups in total. The lowest BCUT2D eigenvalue weighted by Gasteiger charge is -2.20. The Hall–Kier alpha value is -2.04. The molecular formula is C11H12N2O3. The summed E-state index contributed by atoms with van der Waals surface area (Å²) in [5, 5.41) is 11.9. The second-order valence-corrected chi connectivity index (χ2v) is 3.57. The van der Waals surface area contributed by atoms with Crippen LogP contribution in [0.15, 0.2) is 24.3 Å². The minimum Gasteiger partial charge on any atom is -0.480 e. The van der Waals surface area contributed by atoms with Gasteiger partial charge in [-0.3, -0.25) is 14.5 Å². The van der Waals surface area contributed by atoms with Crippen LogP contribution in [0.5, 0.6) is 0 Å². The fourth-order valence-electron chi connectivity index (χ4n) is 1.74. The summed E-state index contributed by atoms with van der Waals surface area (Å²) in [4.78, 5) is 23.8. The van der Waals surface area contributed by atoms with Crippen molar-refractivity contribution in [1.82, 2.24) is 0 Å². The average Bonchev–Trinajstić information content (AvgIpc) is 2.40. The SMILES string of the molecule is O=C(O)CN1C(=O)CCNc2ccccc21. The van der Waals surface area contributed by atoms with Crippen LogP contribution in [-0.4, -0.2) is 30.1 Å². The number of hydrogen-bond acceptors (Lipinski definition) is 3. The van der Waals surface area contributed by atoms with E-state index in [0.717, 1.165) is 5.69 Å². The molecule has 0 aromatic heterocycles. The highest BCUT2D eigenvalue weighted by atomic mass is 16.4. The van der Waals surface area contributed by atoms with Gasteiger partial charge in [-0.2, -0.15) is 0 Å². The summed E-state index contributed by atoms with van der Waals surface area (Å²) >= 11 is 0. The lowest BCUT2D eigenvalue weighted by Crippen LogP contribution is -2.35. The monoisotopic (exact) mass is 220 g/mol. The Balaban J connectivity index is 2.39. The predicted octanol–water partition coefficient (Wildman–Crippen LogP) is 0.920. The van der Waals surface area contributed by atoms with Crippen molar-refractivity contribution in [2.45, 2.75) is 6.42 Å². The molecule has 1 heterocycles. The van der Waals surface area contributed by atoms with Crippen molar-refractivity contribution in [3.8, 4) is 0 Å². The number of amides is 1. The molecule has 0 saturated heterocycles. The zero-order chi connectivity index (χ0) is 11.5. The molecule has 0 fully saturated rings. The molecule has 0 radical (unpaired) electrons. The lowest BCUT2D eigenvalue weighted by atomic mass is 10.2. The Morgan fingerprint density at radius 1 is 1.44 bits per heavy atom. The molecule has 5 nitrogen and oxygen atoms in total. The summed E-state index contributed by atoms with van der Waals surface area (Å²) in [7, 11) is 0. The quantitative estimate of drug-likeness (QED) is 0.777. The first kappa shape index (κ1) is 10.5. The van der Waals surface area contributed by atoms with Crippen LogP contribution >= 0.6 is 0 Å². The molecular weight excluding hydrogens is 208 g/mol. The van der Waals surface area contributed by atoms with E-state index in [2.05, 4.69) is 5.32 Å². The number of fused-ring (bicyclic) bond motifs is 1. The Morgan fingerprint density at radius 2 is 2.19 bits per heavy atom. The maximum absolute atomic E-state index is 11.7. The number of nitrogens with zero attached hydrogens (tertiary/aromatic N) is 1. The molecule has 0 bridgehead atoms. The molecule has 0 spiro atoms. The highest BCUT2D eigenvalue weighted by Gasteiger charge is 2.23. The second-order valence-electron chi connectivity index (χ2n) is 3.57. The van der Waals surface area contributed by atoms with Gasteiger partial charge in [0, 0.05) is 13.0 Å². The van der Waals surface area contributed by atoms with Gasteiger partial charge in [-0.25, -0.2) is 0 Å². The van der Waals surface area contributed by atoms with Crippen LogP contribution in [0.25, 0.3) is 0 Å². The smallest absolute Gasteiger partial charge is 0.323 e. The Morgan fingerprint density at radius 3 is 2.94 bits per heavy atom. The molecule has 1 aromatic carbocycles. The van der Waals surface area contributed by atoms with Gasteiger partial charge in [0.05, 0.1) is 11.4 Å². The van der Waals surface area contributed by atoms with Crippen molar-refractivity contribution in [2.75, 3.05) is 23.3 Å². The Bertz CT molecular complexity index is 431. The van der Waals surface area contributed by atoms with Crippen LogP contribution in [-0.2, 0) is 9.59 Å². The van der Waals surface area contributed by atoms with Crippen molar-refractivity contribution >= 4 is 23.3 Å². The van der Waals surface area contributed by atoms with E-state index in [9.17, 15) is 9.59 Å². The second kappa shape index (κ2) is 4.22. The number of hydrogen-bond donors (Lipinski definition) is 2. The summed E-state index contributed by atoms with van der Waals surface area (Å²) in [5.41, 5.74) is 1.43. The average molecular weight is 220 g/mol. The van der Waals surface area contributed by atoms with Crippen molar-refractivity contribution in [2.24, 2.45) is 0 Å². The largest absolute Gasteiger partial charge is 0.480 e. The summed E-state index contributed by atoms with van der Waals surface area (Å²) < 4.78 is 0. The van der Waals surface area contributed by atoms with Gasteiger partial charge < -0.3 is 10.4 Å². The first-order valence-corrected chi connectivity index (χ1v) is 5.03. The topological polar surface area (TPSA) is 69.6 Å². The van der Waals surface area contributed by atoms with Gasteiger partial charge >= 0.3 is 5.97 Å². The molecule has 1 aliphatic rings. The number of carbonyl (C=O) groups is 2. The highest BCUT2D eigenvalue weighted by molar-refractivity contribution is 6.01. The summed E-state index contributed by atoms with van der Waals surface area (Å²) in [6.45, 7) is 0.240. The van der Waals surface area contributed by atoms with Crippen LogP contribution in [0.3, 0.4) is 0 Å². The summed E-state index contributed by atoms with van der Waals surface area (Å²) in [6.07, 6.45) is 0.307. The van der Waals surface area contributed by atoms with Crippen LogP contribution in [0, 0.1) is 0 Å². The van der Waals surface area contributed by atoms with E-state index in [4.69, 9.17) is 5.11 Å². The fourth-order valence-corrected chi connectivity index (χ4v) is 1.74. The molecule has 84 valence electrons. The number of carboxylic acids is 1. The van der Waals surface area contributed by atoms with E-state index < -0.39 is 5.97 Å². The summed E-state index contributed by atoms with van der Waals surface area (Å²) in [5.74, 6) is -1.18. The number of nitrogens with one attached hydrogen (secondary N) is 1. The van der Waals surface area contributed by atoms with Gasteiger partial charge in [-0.15, -0.1) is 0 Å². The number of rotatable bonds is 2. The van der Waals surface area contributed by atoms with E-state index in [0.29, 0.717) is 18.7 Å². The number of carboxylic acid groups (broad SMARTS) is 1. The zero-order valence-corrected chi connectivity index (χ0v) is 8.64. The van der Waals surface area contributed by atoms with Crippen molar-refractivity contribution in [3.63, 3.8) is 0 Å². The van der Waals surface area contributed by atoms with E-state index in [1.54, 1.807) is 12.1 Å². The number of carbonyl (C=O) groups excluding carboxylic acids is 1. The molecule has 2 rings (SSSR count). The Kier molecular flexibility index (Phi) is 2.76. The van der Waals surface area contributed by atoms with Crippen LogP contribution in [0.4, 0.5) is 11.4 Å². The van der Waals surface area contributed by atoms with Crippen molar-refractivity contribution < 1.29 is 14.7 Å². The van der Waals surface area contributed by atoms with Gasteiger partial charge in [0.15, 0.2) is 0 Å². The predicted molar refractivity (Wildman–Crippen MR) is 59.5 cm³/mol. The van der Waals surface area contributed by atoms with Gasteiger partial charge in [-0.05, 0) is 12.1 Å². The lowest BCUT2D eigenvalue weighted by molar-refractivity contribution is -0.136. The highest BCUT2D eigenvalue weighted by Crippen LogP contribution is 2.28. The van der Waals surface area contributed by atoms with Gasteiger partial charge in [0.25, 0.3) is 0 Å². The van der Waals surface area contributed by atoms with Crippen molar-refractivity contribution in [1.29, 1.82) is 0 Å². The fraction of sp³-hybridized carbons (Fsp3) is 0.273. The molecule has 1 amide bonds. The third-order valence-corrected chi connectivity index (χ3v) is 2.44. The molecule has 0 atom stereocenters. The summed E-state index contributed by atoms with van der Waals surface area (Å²) in [6, 6.07) is 7.21. The number of aliphatic carboxylic acids is 1. The molecule has 0 saturated carbocycles. The van der Waals surface area contributed by atoms with E-state index >= 15 is 0 Å². The third-order valence-electron chi connectivity index (χ3n) is 2.44. The molecule has 1 aliphatic heterocycles. The molecule has 1 aromatic rings. The molecule has 0 unspecified atom stereocenters. The van der Waals surface area contributed by atoms with Gasteiger partial charge in [0.1, 0.15) is 6.54 Å². The maximum atomic E-state index is 11.7. The number of anilines is 2. The maximum Gasteiger partial charge on any atom is 0.323 e. The first-order chi connectivity index (χ1) is 7.68. The first-order valence-electron chi connectivity index (χ1n) is 5.03. The zero-order valence-electron chi connectivity index (χ0n) is 8.64. The minimum absolute atomic E-state index is 0.167. The van der Waals surface area contributed by atoms with E-state index in [-0.39, 0.29) is 12.5 Å². The number of para-hydroxylation sites is 2. The van der Waals surface area contributed by atoms with Crippen LogP contribution in [0.1, 0.15) is 6.42 Å². The van der Waals surface area contributed by atoms with Gasteiger partial charge in [-0.1, -0.05) is 12.1 Å². The minimum atomic E-state index is -1.01. The van der Waals surface area contributed by atoms with E-state index in [1.807, 2.05) is 12.1 Å². The molecule has 0 aliphatic carbocycles. The van der Waals surface area contributed by atoms with Crippen molar-refractivity contribution in [3.05, 3.63) is 24.3 Å². The molecule has 16 heavy (non-hydrogen) atoms. The van der Waals surface area contributed by atoms with Crippen LogP contribution in [0.2, 0.25) is 0 Å². The van der Waals surface area contributed by atoms with Gasteiger partial charge in [0.2, 0.25) is 5.91 Å². The molecule has 5 heteroatoms. The third kappa shape index (κ3) is 1.98. The number of benzene rings is 1. The van der Waals surface area contributed by atoms with Crippen LogP contribution < -0.4 is 10.2 Å². The normalized spacial score (nSPS) is 15.0.